The molecule has 0 radical (unpaired) electrons. The average Bonchev–Trinajstić information content (AvgIpc) is 3.00. The van der Waals surface area contributed by atoms with E-state index in [1.165, 1.54) is 17.8 Å². The Morgan fingerprint density at radius 2 is 2.31 bits per heavy atom. The van der Waals surface area contributed by atoms with Crippen LogP contribution in [-0.4, -0.2) is 17.7 Å². The molecule has 16 heavy (non-hydrogen) atoms. The monoisotopic (exact) mass is 240 g/mol. The number of amides is 1. The summed E-state index contributed by atoms with van der Waals surface area (Å²) in [6.45, 7) is 0. The number of nitrogen functional groups attached to an aromatic ring is 1. The number of nitrogens with two attached hydrogens (primary N) is 1. The van der Waals surface area contributed by atoms with Gasteiger partial charge in [-0.15, -0.1) is 11.8 Å². The van der Waals surface area contributed by atoms with Gasteiger partial charge >= 0.3 is 0 Å². The van der Waals surface area contributed by atoms with Crippen molar-refractivity contribution in [1.82, 2.24) is 5.32 Å². The Bertz CT molecular complexity index is 407. The zero-order valence-corrected chi connectivity index (χ0v) is 9.52. The Hall–Kier alpha value is -1.23. The van der Waals surface area contributed by atoms with E-state index < -0.39 is 0 Å². The van der Waals surface area contributed by atoms with E-state index >= 15 is 0 Å². The van der Waals surface area contributed by atoms with Gasteiger partial charge in [0.2, 0.25) is 5.91 Å². The summed E-state index contributed by atoms with van der Waals surface area (Å²) in [6, 6.07) is 4.84. The third-order valence-electron chi connectivity index (χ3n) is 2.26. The maximum atomic E-state index is 13.3. The number of rotatable bonds is 4. The number of hydrogen-bond donors (Lipinski definition) is 2. The van der Waals surface area contributed by atoms with Gasteiger partial charge in [-0.05, 0) is 31.0 Å². The Balaban J connectivity index is 1.85. The molecule has 0 atom stereocenters. The van der Waals surface area contributed by atoms with Gasteiger partial charge in [0.25, 0.3) is 0 Å². The molecule has 0 unspecified atom stereocenters. The minimum absolute atomic E-state index is 0.0382. The average molecular weight is 240 g/mol. The second-order valence-corrected chi connectivity index (χ2v) is 4.84. The van der Waals surface area contributed by atoms with E-state index in [0.717, 1.165) is 12.8 Å². The lowest BCUT2D eigenvalue weighted by Gasteiger charge is -2.04. The lowest BCUT2D eigenvalue weighted by atomic mass is 10.3. The number of thioether (sulfide) groups is 1. The summed E-state index contributed by atoms with van der Waals surface area (Å²) >= 11 is 1.19. The molecule has 1 fully saturated rings. The molecule has 0 aromatic heterocycles. The first-order chi connectivity index (χ1) is 7.65. The molecule has 86 valence electrons. The van der Waals surface area contributed by atoms with Gasteiger partial charge in [0, 0.05) is 16.6 Å². The number of carbonyl (C=O) groups excluding carboxylic acids is 1. The molecule has 3 nitrogen and oxygen atoms in total. The Morgan fingerprint density at radius 1 is 1.56 bits per heavy atom. The van der Waals surface area contributed by atoms with Crippen LogP contribution < -0.4 is 11.1 Å². The summed E-state index contributed by atoms with van der Waals surface area (Å²) in [7, 11) is 0. The van der Waals surface area contributed by atoms with Gasteiger partial charge in [0.15, 0.2) is 0 Å². The molecular weight excluding hydrogens is 227 g/mol. The van der Waals surface area contributed by atoms with Gasteiger partial charge in [-0.25, -0.2) is 4.39 Å². The van der Waals surface area contributed by atoms with E-state index in [9.17, 15) is 9.18 Å². The Labute approximate surface area is 97.6 Å². The van der Waals surface area contributed by atoms with Crippen molar-refractivity contribution < 1.29 is 9.18 Å². The maximum absolute atomic E-state index is 13.3. The molecule has 1 aliphatic rings. The van der Waals surface area contributed by atoms with Gasteiger partial charge in [0.1, 0.15) is 5.82 Å². The van der Waals surface area contributed by atoms with E-state index in [0.29, 0.717) is 16.6 Å². The predicted molar refractivity (Wildman–Crippen MR) is 62.7 cm³/mol. The molecule has 0 spiro atoms. The van der Waals surface area contributed by atoms with E-state index in [-0.39, 0.29) is 17.5 Å². The summed E-state index contributed by atoms with van der Waals surface area (Å²) in [5, 5.41) is 2.85. The fourth-order valence-corrected chi connectivity index (χ4v) is 2.01. The summed E-state index contributed by atoms with van der Waals surface area (Å²) in [6.07, 6.45) is 2.12. The van der Waals surface area contributed by atoms with E-state index in [4.69, 9.17) is 5.73 Å². The van der Waals surface area contributed by atoms with Gasteiger partial charge in [-0.2, -0.15) is 0 Å². The minimum Gasteiger partial charge on any atom is -0.399 e. The number of anilines is 1. The van der Waals surface area contributed by atoms with Crippen LogP contribution in [0.15, 0.2) is 23.1 Å². The van der Waals surface area contributed by atoms with Crippen molar-refractivity contribution in [2.45, 2.75) is 23.8 Å². The van der Waals surface area contributed by atoms with Crippen LogP contribution in [0.4, 0.5) is 10.1 Å². The normalized spacial score (nSPS) is 14.8. The summed E-state index contributed by atoms with van der Waals surface area (Å²) in [5.74, 6) is -0.162. The second kappa shape index (κ2) is 4.74. The van der Waals surface area contributed by atoms with Crippen LogP contribution in [-0.2, 0) is 4.79 Å². The highest BCUT2D eigenvalue weighted by Crippen LogP contribution is 2.24. The maximum Gasteiger partial charge on any atom is 0.230 e. The molecule has 1 aliphatic carbocycles. The quantitative estimate of drug-likeness (QED) is 0.623. The molecule has 0 bridgehead atoms. The molecular formula is C11H13FN2OS. The van der Waals surface area contributed by atoms with Crippen molar-refractivity contribution in [2.24, 2.45) is 0 Å². The van der Waals surface area contributed by atoms with E-state index in [1.807, 2.05) is 0 Å². The first-order valence-corrected chi connectivity index (χ1v) is 6.11. The summed E-state index contributed by atoms with van der Waals surface area (Å²) in [5.41, 5.74) is 5.82. The molecule has 1 saturated carbocycles. The van der Waals surface area contributed by atoms with Crippen molar-refractivity contribution in [1.29, 1.82) is 0 Å². The fraction of sp³-hybridized carbons (Fsp3) is 0.364. The first kappa shape index (κ1) is 11.3. The molecule has 2 rings (SSSR count). The highest BCUT2D eigenvalue weighted by atomic mass is 32.2. The van der Waals surface area contributed by atoms with Crippen molar-refractivity contribution in [2.75, 3.05) is 11.5 Å². The topological polar surface area (TPSA) is 55.1 Å². The van der Waals surface area contributed by atoms with Crippen LogP contribution in [0.1, 0.15) is 12.8 Å². The van der Waals surface area contributed by atoms with E-state index in [2.05, 4.69) is 5.32 Å². The molecule has 0 heterocycles. The van der Waals surface area contributed by atoms with Crippen LogP contribution in [0.3, 0.4) is 0 Å². The van der Waals surface area contributed by atoms with E-state index in [1.54, 1.807) is 12.1 Å². The molecule has 1 aromatic rings. The fourth-order valence-electron chi connectivity index (χ4n) is 1.27. The zero-order valence-electron chi connectivity index (χ0n) is 8.70. The smallest absolute Gasteiger partial charge is 0.230 e. The van der Waals surface area contributed by atoms with Gasteiger partial charge < -0.3 is 11.1 Å². The highest BCUT2D eigenvalue weighted by molar-refractivity contribution is 8.00. The third kappa shape index (κ3) is 3.13. The molecule has 5 heteroatoms. The Morgan fingerprint density at radius 3 is 2.94 bits per heavy atom. The largest absolute Gasteiger partial charge is 0.399 e. The van der Waals surface area contributed by atoms with Crippen LogP contribution in [0.2, 0.25) is 0 Å². The zero-order chi connectivity index (χ0) is 11.5. The molecule has 3 N–H and O–H groups in total. The van der Waals surface area contributed by atoms with Gasteiger partial charge in [-0.3, -0.25) is 4.79 Å². The van der Waals surface area contributed by atoms with Crippen LogP contribution in [0.5, 0.6) is 0 Å². The standard InChI is InChI=1S/C11H13FN2OS/c12-9-5-7(13)1-4-10(9)16-6-11(15)14-8-2-3-8/h1,4-5,8H,2-3,6,13H2,(H,14,15). The lowest BCUT2D eigenvalue weighted by Crippen LogP contribution is -2.27. The lowest BCUT2D eigenvalue weighted by molar-refractivity contribution is -0.118. The number of carbonyl (C=O) groups is 1. The Kier molecular flexibility index (Phi) is 3.33. The van der Waals surface area contributed by atoms with Crippen molar-refractivity contribution in [3.63, 3.8) is 0 Å². The van der Waals surface area contributed by atoms with Crippen LogP contribution in [0.25, 0.3) is 0 Å². The van der Waals surface area contributed by atoms with Crippen LogP contribution in [0, 0.1) is 5.82 Å². The predicted octanol–water partition coefficient (Wildman–Crippen LogP) is 1.78. The van der Waals surface area contributed by atoms with Crippen molar-refractivity contribution >= 4 is 23.4 Å². The number of hydrogen-bond acceptors (Lipinski definition) is 3. The number of nitrogens with one attached hydrogen (secondary N) is 1. The second-order valence-electron chi connectivity index (χ2n) is 3.82. The summed E-state index contributed by atoms with van der Waals surface area (Å²) < 4.78 is 13.3. The molecule has 1 amide bonds. The van der Waals surface area contributed by atoms with Gasteiger partial charge in [-0.1, -0.05) is 0 Å². The molecule has 0 saturated heterocycles. The highest BCUT2D eigenvalue weighted by Gasteiger charge is 2.23. The first-order valence-electron chi connectivity index (χ1n) is 5.12. The van der Waals surface area contributed by atoms with Gasteiger partial charge in [0.05, 0.1) is 5.75 Å². The molecule has 0 aliphatic heterocycles. The van der Waals surface area contributed by atoms with Crippen molar-refractivity contribution in [3.05, 3.63) is 24.0 Å². The SMILES string of the molecule is Nc1ccc(SCC(=O)NC2CC2)c(F)c1. The number of halogens is 1. The minimum atomic E-state index is -0.371. The summed E-state index contributed by atoms with van der Waals surface area (Å²) in [4.78, 5) is 11.8. The number of benzene rings is 1. The third-order valence-corrected chi connectivity index (χ3v) is 3.31. The van der Waals surface area contributed by atoms with Crippen molar-refractivity contribution in [3.8, 4) is 0 Å². The molecule has 1 aromatic carbocycles. The van der Waals surface area contributed by atoms with Crippen LogP contribution >= 0.6 is 11.8 Å².